The fourth-order valence-corrected chi connectivity index (χ4v) is 6.08. The molecule has 9 rings (SSSR count). The zero-order chi connectivity index (χ0) is 25.5. The average Bonchev–Trinajstić information content (AvgIpc) is 3.66. The summed E-state index contributed by atoms with van der Waals surface area (Å²) in [6, 6.07) is 42.8. The summed E-state index contributed by atoms with van der Waals surface area (Å²) in [6.07, 6.45) is 2.10. The van der Waals surface area contributed by atoms with Gasteiger partial charge in [0.25, 0.3) is 0 Å². The van der Waals surface area contributed by atoms with Crippen LogP contribution in [0, 0.1) is 0 Å². The molecule has 4 nitrogen and oxygen atoms in total. The molecule has 9 aromatic rings. The number of pyridine rings is 1. The monoisotopic (exact) mass is 499 g/mol. The van der Waals surface area contributed by atoms with Crippen molar-refractivity contribution in [1.82, 2.24) is 14.2 Å². The van der Waals surface area contributed by atoms with Gasteiger partial charge in [-0.05, 0) is 53.9 Å². The molecule has 0 aliphatic rings. The first-order chi connectivity index (χ1) is 19.3. The van der Waals surface area contributed by atoms with Gasteiger partial charge in [-0.15, -0.1) is 0 Å². The first-order valence-electron chi connectivity index (χ1n) is 13.1. The highest BCUT2D eigenvalue weighted by Gasteiger charge is 2.17. The van der Waals surface area contributed by atoms with Crippen molar-refractivity contribution in [2.24, 2.45) is 0 Å². The number of rotatable bonds is 2. The Balaban J connectivity index is 1.29. The van der Waals surface area contributed by atoms with Gasteiger partial charge in [0.2, 0.25) is 0 Å². The number of benzene rings is 5. The molecular weight excluding hydrogens is 478 g/mol. The quantitative estimate of drug-likeness (QED) is 0.238. The van der Waals surface area contributed by atoms with Crippen LogP contribution in [0.4, 0.5) is 0 Å². The van der Waals surface area contributed by atoms with E-state index >= 15 is 0 Å². The molecule has 4 heteroatoms. The Morgan fingerprint density at radius 2 is 1.36 bits per heavy atom. The average molecular weight is 500 g/mol. The summed E-state index contributed by atoms with van der Waals surface area (Å²) in [7, 11) is 0. The normalized spacial score (nSPS) is 12.1. The Labute approximate surface area is 222 Å². The third kappa shape index (κ3) is 2.97. The van der Waals surface area contributed by atoms with Crippen LogP contribution in [0.5, 0.6) is 0 Å². The standard InChI is InChI=1S/C35H21N3O/c1-2-9-24-21-37-26(16-22(24)8-1)18-31(36-37)23-10-7-11-25(17-23)38-32-14-5-3-12-27(32)29-20-35-30(19-33(29)38)28-13-4-6-15-34(28)39-35/h1-21H. The van der Waals surface area contributed by atoms with Gasteiger partial charge in [-0.25, -0.2) is 4.52 Å². The molecule has 0 radical (unpaired) electrons. The molecule has 182 valence electrons. The molecule has 0 aliphatic heterocycles. The minimum atomic E-state index is 0.914. The highest BCUT2D eigenvalue weighted by atomic mass is 16.3. The predicted octanol–water partition coefficient (Wildman–Crippen LogP) is 9.15. The topological polar surface area (TPSA) is 35.4 Å². The van der Waals surface area contributed by atoms with E-state index in [2.05, 4.69) is 120 Å². The van der Waals surface area contributed by atoms with E-state index in [0.717, 1.165) is 49.9 Å². The fourth-order valence-electron chi connectivity index (χ4n) is 6.08. The maximum Gasteiger partial charge on any atom is 0.136 e. The summed E-state index contributed by atoms with van der Waals surface area (Å²) in [5.41, 5.74) is 8.39. The van der Waals surface area contributed by atoms with Crippen LogP contribution >= 0.6 is 0 Å². The summed E-state index contributed by atoms with van der Waals surface area (Å²) in [5.74, 6) is 0. The number of furan rings is 1. The molecule has 0 bridgehead atoms. The summed E-state index contributed by atoms with van der Waals surface area (Å²) in [6.45, 7) is 0. The number of para-hydroxylation sites is 2. The van der Waals surface area contributed by atoms with E-state index in [1.165, 1.54) is 27.1 Å². The van der Waals surface area contributed by atoms with Crippen molar-refractivity contribution < 1.29 is 4.42 Å². The Morgan fingerprint density at radius 1 is 0.538 bits per heavy atom. The van der Waals surface area contributed by atoms with Crippen molar-refractivity contribution >= 4 is 60.0 Å². The molecule has 0 atom stereocenters. The molecule has 5 aromatic carbocycles. The second kappa shape index (κ2) is 7.59. The van der Waals surface area contributed by atoms with Gasteiger partial charge < -0.3 is 8.98 Å². The maximum atomic E-state index is 6.24. The van der Waals surface area contributed by atoms with Crippen molar-refractivity contribution in [3.05, 3.63) is 128 Å². The first kappa shape index (κ1) is 20.7. The van der Waals surface area contributed by atoms with Gasteiger partial charge in [0, 0.05) is 44.4 Å². The Morgan fingerprint density at radius 3 is 2.31 bits per heavy atom. The van der Waals surface area contributed by atoms with E-state index in [4.69, 9.17) is 9.52 Å². The smallest absolute Gasteiger partial charge is 0.136 e. The van der Waals surface area contributed by atoms with E-state index < -0.39 is 0 Å². The van der Waals surface area contributed by atoms with E-state index in [1.807, 2.05) is 16.6 Å². The van der Waals surface area contributed by atoms with Crippen LogP contribution < -0.4 is 0 Å². The molecule has 0 amide bonds. The van der Waals surface area contributed by atoms with Crippen LogP contribution in [0.1, 0.15) is 0 Å². The summed E-state index contributed by atoms with van der Waals surface area (Å²) < 4.78 is 10.6. The van der Waals surface area contributed by atoms with Crippen LogP contribution in [-0.4, -0.2) is 14.2 Å². The molecule has 0 saturated carbocycles. The Hall–Kier alpha value is -5.35. The Bertz CT molecular complexity index is 2350. The van der Waals surface area contributed by atoms with Crippen molar-refractivity contribution in [2.45, 2.75) is 0 Å². The molecule has 0 fully saturated rings. The van der Waals surface area contributed by atoms with Crippen molar-refractivity contribution in [3.63, 3.8) is 0 Å². The fraction of sp³-hybridized carbons (Fsp3) is 0. The third-order valence-corrected chi connectivity index (χ3v) is 7.90. The van der Waals surface area contributed by atoms with Crippen LogP contribution in [0.2, 0.25) is 0 Å². The second-order valence-electron chi connectivity index (χ2n) is 10.2. The molecule has 39 heavy (non-hydrogen) atoms. The number of hydrogen-bond acceptors (Lipinski definition) is 2. The molecule has 4 aromatic heterocycles. The lowest BCUT2D eigenvalue weighted by Gasteiger charge is -2.09. The minimum absolute atomic E-state index is 0.914. The van der Waals surface area contributed by atoms with Crippen molar-refractivity contribution in [2.75, 3.05) is 0 Å². The van der Waals surface area contributed by atoms with Crippen LogP contribution in [0.25, 0.3) is 77.0 Å². The van der Waals surface area contributed by atoms with Crippen LogP contribution in [-0.2, 0) is 0 Å². The number of nitrogens with zero attached hydrogens (tertiary/aromatic N) is 3. The van der Waals surface area contributed by atoms with Crippen LogP contribution in [0.15, 0.2) is 132 Å². The predicted molar refractivity (Wildman–Crippen MR) is 160 cm³/mol. The molecule has 0 N–H and O–H groups in total. The molecule has 4 heterocycles. The SMILES string of the molecule is c1cc(-c2cc3cc4ccccc4cn3n2)cc(-n2c3ccccc3c3cc4oc5ccccc5c4cc32)c1. The van der Waals surface area contributed by atoms with E-state index in [9.17, 15) is 0 Å². The lowest BCUT2D eigenvalue weighted by molar-refractivity contribution is 0.669. The summed E-state index contributed by atoms with van der Waals surface area (Å²) in [4.78, 5) is 0. The first-order valence-corrected chi connectivity index (χ1v) is 13.1. The van der Waals surface area contributed by atoms with E-state index in [0.29, 0.717) is 0 Å². The zero-order valence-corrected chi connectivity index (χ0v) is 20.9. The molecule has 0 saturated heterocycles. The van der Waals surface area contributed by atoms with Crippen LogP contribution in [0.3, 0.4) is 0 Å². The molecular formula is C35H21N3O. The van der Waals surface area contributed by atoms with Crippen molar-refractivity contribution in [3.8, 4) is 16.9 Å². The van der Waals surface area contributed by atoms with Crippen molar-refractivity contribution in [1.29, 1.82) is 0 Å². The van der Waals surface area contributed by atoms with E-state index in [1.54, 1.807) is 0 Å². The highest BCUT2D eigenvalue weighted by molar-refractivity contribution is 6.17. The maximum absolute atomic E-state index is 6.24. The Kier molecular flexibility index (Phi) is 4.02. The van der Waals surface area contributed by atoms with Gasteiger partial charge in [-0.2, -0.15) is 5.10 Å². The number of aromatic nitrogens is 3. The lowest BCUT2D eigenvalue weighted by Crippen LogP contribution is -1.94. The summed E-state index contributed by atoms with van der Waals surface area (Å²) in [5, 5.41) is 12.0. The second-order valence-corrected chi connectivity index (χ2v) is 10.2. The van der Waals surface area contributed by atoms with Gasteiger partial charge in [0.15, 0.2) is 0 Å². The van der Waals surface area contributed by atoms with E-state index in [-0.39, 0.29) is 0 Å². The zero-order valence-electron chi connectivity index (χ0n) is 20.9. The molecule has 0 spiro atoms. The molecule has 0 aliphatic carbocycles. The van der Waals surface area contributed by atoms with Gasteiger partial charge in [-0.3, -0.25) is 0 Å². The van der Waals surface area contributed by atoms with Gasteiger partial charge in [0.1, 0.15) is 11.2 Å². The minimum Gasteiger partial charge on any atom is -0.456 e. The molecule has 0 unspecified atom stereocenters. The highest BCUT2D eigenvalue weighted by Crippen LogP contribution is 2.38. The number of fused-ring (bicyclic) bond motifs is 8. The van der Waals surface area contributed by atoms with Gasteiger partial charge >= 0.3 is 0 Å². The summed E-state index contributed by atoms with van der Waals surface area (Å²) >= 11 is 0. The lowest BCUT2D eigenvalue weighted by atomic mass is 10.1. The number of hydrogen-bond donors (Lipinski definition) is 0. The van der Waals surface area contributed by atoms with Gasteiger partial charge in [0.05, 0.1) is 22.2 Å². The van der Waals surface area contributed by atoms with Gasteiger partial charge in [-0.1, -0.05) is 72.8 Å². The third-order valence-electron chi connectivity index (χ3n) is 7.90. The largest absolute Gasteiger partial charge is 0.456 e.